The number of aliphatic hydroxyl groups is 1. The molecule has 0 radical (unpaired) electrons. The Hall–Kier alpha value is -2.89. The van der Waals surface area contributed by atoms with E-state index < -0.39 is 22.2 Å². The Morgan fingerprint density at radius 3 is 2.74 bits per heavy atom. The summed E-state index contributed by atoms with van der Waals surface area (Å²) >= 11 is 5.98. The first-order chi connectivity index (χ1) is 16.4. The van der Waals surface area contributed by atoms with Crippen LogP contribution in [0.15, 0.2) is 29.3 Å². The standard InChI is InChI=1S/C23H29ClN6O4S/c1-12-9-15(19-16(10-12)22(32)30(3)23(28-19)25-11-14-5-6-14)13(2)26-17-7-8-18(24)27-20(17)21(31)29-35(4,33)34/h7-10,13-14,22,26,32H,5-6,11H2,1-4H3,(H,25,28)(H,29,31)/t13-,22?/m1/s1. The van der Waals surface area contributed by atoms with E-state index in [0.29, 0.717) is 29.7 Å². The van der Waals surface area contributed by atoms with Gasteiger partial charge < -0.3 is 20.6 Å². The summed E-state index contributed by atoms with van der Waals surface area (Å²) in [6.45, 7) is 4.54. The highest BCUT2D eigenvalue weighted by atomic mass is 35.5. The third-order valence-corrected chi connectivity index (χ3v) is 6.72. The molecule has 0 bridgehead atoms. The summed E-state index contributed by atoms with van der Waals surface area (Å²) in [5.41, 5.74) is 3.41. The molecule has 1 aliphatic heterocycles. The molecule has 0 saturated heterocycles. The van der Waals surface area contributed by atoms with E-state index in [2.05, 4.69) is 20.6 Å². The van der Waals surface area contributed by atoms with Crippen molar-refractivity contribution in [2.45, 2.75) is 39.0 Å². The summed E-state index contributed by atoms with van der Waals surface area (Å²) in [6.07, 6.45) is 2.37. The van der Waals surface area contributed by atoms with Crippen LogP contribution in [0.4, 0.5) is 11.4 Å². The zero-order valence-corrected chi connectivity index (χ0v) is 21.5. The summed E-state index contributed by atoms with van der Waals surface area (Å²) in [7, 11) is -2.00. The van der Waals surface area contributed by atoms with Crippen LogP contribution in [0.5, 0.6) is 0 Å². The number of benzene rings is 1. The van der Waals surface area contributed by atoms with Crippen LogP contribution in [0.25, 0.3) is 0 Å². The lowest BCUT2D eigenvalue weighted by molar-refractivity contribution is 0.0666. The highest BCUT2D eigenvalue weighted by Gasteiger charge is 2.31. The largest absolute Gasteiger partial charge is 0.377 e. The number of fused-ring (bicyclic) bond motifs is 1. The third kappa shape index (κ3) is 5.85. The van der Waals surface area contributed by atoms with Crippen molar-refractivity contribution in [1.29, 1.82) is 0 Å². The molecule has 35 heavy (non-hydrogen) atoms. The molecule has 2 aliphatic rings. The number of sulfonamides is 1. The quantitative estimate of drug-likeness (QED) is 0.409. The maximum atomic E-state index is 12.6. The number of guanidine groups is 1. The van der Waals surface area contributed by atoms with Gasteiger partial charge in [-0.15, -0.1) is 0 Å². The van der Waals surface area contributed by atoms with Gasteiger partial charge in [-0.1, -0.05) is 23.2 Å². The van der Waals surface area contributed by atoms with Crippen molar-refractivity contribution >= 4 is 44.9 Å². The molecular formula is C23H29ClN6O4S. The Labute approximate surface area is 209 Å². The fourth-order valence-electron chi connectivity index (χ4n) is 3.98. The number of hydrogen-bond acceptors (Lipinski definition) is 7. The summed E-state index contributed by atoms with van der Waals surface area (Å²) < 4.78 is 25.1. The molecular weight excluding hydrogens is 492 g/mol. The van der Waals surface area contributed by atoms with Gasteiger partial charge in [0.2, 0.25) is 16.0 Å². The summed E-state index contributed by atoms with van der Waals surface area (Å²) in [5.74, 6) is 0.305. The lowest BCUT2D eigenvalue weighted by Gasteiger charge is -2.36. The first-order valence-electron chi connectivity index (χ1n) is 11.2. The second-order valence-electron chi connectivity index (χ2n) is 9.14. The number of anilines is 2. The smallest absolute Gasteiger partial charge is 0.285 e. The van der Waals surface area contributed by atoms with Crippen LogP contribution in [0.1, 0.15) is 59.2 Å². The van der Waals surface area contributed by atoms with Crippen LogP contribution in [-0.2, 0) is 10.0 Å². The number of pyridine rings is 1. The van der Waals surface area contributed by atoms with E-state index in [1.54, 1.807) is 18.0 Å². The summed E-state index contributed by atoms with van der Waals surface area (Å²) in [6, 6.07) is 6.64. The topological polar surface area (TPSA) is 136 Å². The van der Waals surface area contributed by atoms with Crippen molar-refractivity contribution in [3.8, 4) is 0 Å². The molecule has 1 unspecified atom stereocenters. The second-order valence-corrected chi connectivity index (χ2v) is 11.3. The number of rotatable bonds is 7. The number of aryl methyl sites for hydroxylation is 1. The average Bonchev–Trinajstić information content (AvgIpc) is 3.59. The molecule has 4 rings (SSSR count). The fraction of sp³-hybridized carbons (Fsp3) is 0.435. The number of nitrogens with one attached hydrogen (secondary N) is 3. The molecule has 0 spiro atoms. The summed E-state index contributed by atoms with van der Waals surface area (Å²) in [4.78, 5) is 23.0. The Balaban J connectivity index is 1.68. The van der Waals surface area contributed by atoms with Gasteiger partial charge in [0.1, 0.15) is 5.15 Å². The molecule has 2 aromatic rings. The van der Waals surface area contributed by atoms with Gasteiger partial charge in [0.15, 0.2) is 11.9 Å². The number of aliphatic imine (C=N–C) groups is 1. The molecule has 1 aromatic carbocycles. The number of amides is 1. The highest BCUT2D eigenvalue weighted by molar-refractivity contribution is 7.89. The van der Waals surface area contributed by atoms with Gasteiger partial charge in [-0.3, -0.25) is 9.79 Å². The number of carbonyl (C=O) groups excluding carboxylic acids is 1. The first kappa shape index (κ1) is 25.2. The molecule has 1 saturated carbocycles. The Morgan fingerprint density at radius 2 is 2.09 bits per heavy atom. The van der Waals surface area contributed by atoms with Gasteiger partial charge in [-0.05, 0) is 56.4 Å². The lowest BCUT2D eigenvalue weighted by atomic mass is 9.95. The van der Waals surface area contributed by atoms with E-state index in [0.717, 1.165) is 23.1 Å². The molecule has 1 amide bonds. The molecule has 2 heterocycles. The van der Waals surface area contributed by atoms with E-state index >= 15 is 0 Å². The van der Waals surface area contributed by atoms with E-state index in [1.807, 2.05) is 30.7 Å². The zero-order valence-electron chi connectivity index (χ0n) is 20.0. The average molecular weight is 521 g/mol. The number of halogens is 1. The van der Waals surface area contributed by atoms with Crippen molar-refractivity contribution in [1.82, 2.24) is 14.6 Å². The van der Waals surface area contributed by atoms with Gasteiger partial charge in [0, 0.05) is 19.2 Å². The van der Waals surface area contributed by atoms with Gasteiger partial charge in [0.25, 0.3) is 5.91 Å². The van der Waals surface area contributed by atoms with Crippen molar-refractivity contribution in [3.05, 3.63) is 51.8 Å². The number of aromatic nitrogens is 1. The van der Waals surface area contributed by atoms with E-state index in [4.69, 9.17) is 11.6 Å². The van der Waals surface area contributed by atoms with Crippen molar-refractivity contribution in [3.63, 3.8) is 0 Å². The van der Waals surface area contributed by atoms with E-state index in [-0.39, 0.29) is 16.9 Å². The van der Waals surface area contributed by atoms with Gasteiger partial charge in [0.05, 0.1) is 23.7 Å². The molecule has 188 valence electrons. The molecule has 10 nitrogen and oxygen atoms in total. The monoisotopic (exact) mass is 520 g/mol. The Bertz CT molecular complexity index is 1300. The number of carbonyl (C=O) groups is 1. The van der Waals surface area contributed by atoms with Crippen molar-refractivity contribution < 1.29 is 18.3 Å². The normalized spacial score (nSPS) is 19.7. The molecule has 1 fully saturated rings. The van der Waals surface area contributed by atoms with Crippen LogP contribution in [0, 0.1) is 12.8 Å². The Morgan fingerprint density at radius 1 is 1.37 bits per heavy atom. The van der Waals surface area contributed by atoms with Crippen LogP contribution >= 0.6 is 11.6 Å². The molecule has 1 aromatic heterocycles. The van der Waals surface area contributed by atoms with Crippen LogP contribution < -0.4 is 15.4 Å². The van der Waals surface area contributed by atoms with Crippen LogP contribution in [-0.4, -0.2) is 55.1 Å². The molecule has 2 atom stereocenters. The SMILES string of the molecule is Cc1cc2c(c([C@@H](C)Nc3ccc(Cl)nc3C(=O)NS(C)(=O)=O)c1)NC(=NCC1CC1)N(C)C2O. The van der Waals surface area contributed by atoms with Gasteiger partial charge >= 0.3 is 0 Å². The minimum atomic E-state index is -3.79. The van der Waals surface area contributed by atoms with E-state index in [9.17, 15) is 18.3 Å². The maximum Gasteiger partial charge on any atom is 0.285 e. The predicted molar refractivity (Wildman–Crippen MR) is 136 cm³/mol. The number of hydrogen-bond donors (Lipinski definition) is 4. The minimum Gasteiger partial charge on any atom is -0.377 e. The maximum absolute atomic E-state index is 12.6. The second kappa shape index (κ2) is 9.63. The Kier molecular flexibility index (Phi) is 6.94. The van der Waals surface area contributed by atoms with E-state index in [1.165, 1.54) is 18.9 Å². The van der Waals surface area contributed by atoms with Gasteiger partial charge in [-0.25, -0.2) is 18.1 Å². The van der Waals surface area contributed by atoms with Crippen molar-refractivity contribution in [2.75, 3.05) is 30.5 Å². The fourth-order valence-corrected chi connectivity index (χ4v) is 4.56. The summed E-state index contributed by atoms with van der Waals surface area (Å²) in [5, 5.41) is 17.7. The number of nitrogens with zero attached hydrogens (tertiary/aromatic N) is 3. The van der Waals surface area contributed by atoms with Crippen molar-refractivity contribution in [2.24, 2.45) is 10.9 Å². The molecule has 4 N–H and O–H groups in total. The first-order valence-corrected chi connectivity index (χ1v) is 13.5. The highest BCUT2D eigenvalue weighted by Crippen LogP contribution is 2.38. The lowest BCUT2D eigenvalue weighted by Crippen LogP contribution is -2.41. The molecule has 12 heteroatoms. The zero-order chi connectivity index (χ0) is 25.5. The predicted octanol–water partition coefficient (Wildman–Crippen LogP) is 3.02. The molecule has 1 aliphatic carbocycles. The number of aliphatic hydroxyl groups excluding tert-OH is 1. The van der Waals surface area contributed by atoms with Crippen LogP contribution in [0.2, 0.25) is 5.15 Å². The minimum absolute atomic E-state index is 0.0548. The van der Waals surface area contributed by atoms with Gasteiger partial charge in [-0.2, -0.15) is 0 Å². The third-order valence-electron chi connectivity index (χ3n) is 5.95. The van der Waals surface area contributed by atoms with Crippen LogP contribution in [0.3, 0.4) is 0 Å².